The Hall–Kier alpha value is -0.920. The molecule has 1 aliphatic heterocycles. The maximum Gasteiger partial charge on any atom is 0.490 e. The molecule has 7 atom stereocenters. The Bertz CT molecular complexity index is 1170. The van der Waals surface area contributed by atoms with Crippen LogP contribution in [-0.4, -0.2) is 62.4 Å². The van der Waals surface area contributed by atoms with Gasteiger partial charge >= 0.3 is 29.2 Å². The standard InChI is InChI=1S/C11H15Cl2N4O13P3/c1-5(28-32(23,24)30-33(25,26)29-31(20,21)22)6-7(18)11(13,2-3-12)8(27-6)17-4-15-9(14)16-10(17)19/h4-8,18H,1H3,(H,23,24)(H,25,26)(H2,14,16,19)(H2,20,21,22)/t5-,6+,7?,8+,11?/m0/s1. The average molecular weight is 575 g/mol. The van der Waals surface area contributed by atoms with Crippen molar-refractivity contribution < 1.29 is 56.3 Å². The van der Waals surface area contributed by atoms with Crippen LogP contribution in [0.1, 0.15) is 13.2 Å². The first-order valence-electron chi connectivity index (χ1n) is 8.09. The third kappa shape index (κ3) is 7.04. The summed E-state index contributed by atoms with van der Waals surface area (Å²) in [7, 11) is -17.0. The Morgan fingerprint density at radius 2 is 1.88 bits per heavy atom. The van der Waals surface area contributed by atoms with Crippen molar-refractivity contribution in [1.29, 1.82) is 0 Å². The van der Waals surface area contributed by atoms with Crippen LogP contribution in [0.25, 0.3) is 0 Å². The van der Waals surface area contributed by atoms with Gasteiger partial charge in [0, 0.05) is 5.38 Å². The van der Waals surface area contributed by atoms with Crippen molar-refractivity contribution in [2.24, 2.45) is 0 Å². The second-order valence-corrected chi connectivity index (χ2v) is 11.4. The lowest BCUT2D eigenvalue weighted by atomic mass is 9.97. The summed E-state index contributed by atoms with van der Waals surface area (Å²) >= 11 is 11.7. The average Bonchev–Trinajstić information content (AvgIpc) is 2.83. The maximum atomic E-state index is 12.2. The van der Waals surface area contributed by atoms with Crippen molar-refractivity contribution >= 4 is 52.6 Å². The fourth-order valence-corrected chi connectivity index (χ4v) is 6.37. The zero-order valence-electron chi connectivity index (χ0n) is 15.9. The topological polar surface area (TPSA) is 263 Å². The van der Waals surface area contributed by atoms with Crippen molar-refractivity contribution in [1.82, 2.24) is 14.5 Å². The third-order valence-corrected chi connectivity index (χ3v) is 8.33. The first-order chi connectivity index (χ1) is 14.9. The molecule has 1 aromatic heterocycles. The van der Waals surface area contributed by atoms with Crippen LogP contribution in [0.2, 0.25) is 0 Å². The summed E-state index contributed by atoms with van der Waals surface area (Å²) in [5.41, 5.74) is 4.28. The molecule has 22 heteroatoms. The van der Waals surface area contributed by atoms with Crippen LogP contribution in [0.15, 0.2) is 11.1 Å². The van der Waals surface area contributed by atoms with Gasteiger partial charge in [-0.05, 0) is 18.5 Å². The highest BCUT2D eigenvalue weighted by molar-refractivity contribution is 7.66. The van der Waals surface area contributed by atoms with E-state index in [1.54, 1.807) is 0 Å². The normalized spacial score (nSPS) is 30.0. The highest BCUT2D eigenvalue weighted by atomic mass is 35.5. The van der Waals surface area contributed by atoms with Crippen LogP contribution in [-0.2, 0) is 31.6 Å². The quantitative estimate of drug-likeness (QED) is 0.128. The summed E-state index contributed by atoms with van der Waals surface area (Å²) < 4.78 is 52.2. The van der Waals surface area contributed by atoms with E-state index >= 15 is 0 Å². The molecular weight excluding hydrogens is 560 g/mol. The van der Waals surface area contributed by atoms with Gasteiger partial charge in [0.05, 0.1) is 6.10 Å². The minimum absolute atomic E-state index is 0.393. The van der Waals surface area contributed by atoms with Crippen molar-refractivity contribution in [2.75, 3.05) is 5.73 Å². The van der Waals surface area contributed by atoms with Crippen LogP contribution in [0.4, 0.5) is 5.95 Å². The van der Waals surface area contributed by atoms with Gasteiger partial charge in [0.1, 0.15) is 18.5 Å². The minimum Gasteiger partial charge on any atom is -0.387 e. The van der Waals surface area contributed by atoms with Gasteiger partial charge in [-0.1, -0.05) is 17.5 Å². The molecule has 0 amide bonds. The van der Waals surface area contributed by atoms with Crippen LogP contribution in [0, 0.1) is 11.3 Å². The number of ether oxygens (including phenoxy) is 1. The van der Waals surface area contributed by atoms with Gasteiger partial charge in [-0.2, -0.15) is 13.6 Å². The summed E-state index contributed by atoms with van der Waals surface area (Å²) in [6, 6.07) is 0. The number of hydrogen-bond donors (Lipinski definition) is 6. The number of phosphoric acid groups is 3. The zero-order valence-corrected chi connectivity index (χ0v) is 20.1. The molecule has 0 bridgehead atoms. The number of alkyl halides is 1. The fourth-order valence-electron chi connectivity index (χ4n) is 2.64. The third-order valence-electron chi connectivity index (χ3n) is 3.80. The molecule has 33 heavy (non-hydrogen) atoms. The highest BCUT2D eigenvalue weighted by Gasteiger charge is 2.58. The van der Waals surface area contributed by atoms with Crippen molar-refractivity contribution in [3.05, 3.63) is 16.8 Å². The van der Waals surface area contributed by atoms with Gasteiger partial charge < -0.3 is 35.2 Å². The fraction of sp³-hybridized carbons (Fsp3) is 0.545. The number of hydrogen-bond acceptors (Lipinski definition) is 12. The zero-order chi connectivity index (χ0) is 25.4. The lowest BCUT2D eigenvalue weighted by Crippen LogP contribution is -2.45. The van der Waals surface area contributed by atoms with E-state index in [0.717, 1.165) is 13.3 Å². The molecule has 0 aromatic carbocycles. The maximum absolute atomic E-state index is 12.2. The SMILES string of the molecule is C[C@H](OP(=O)(O)OP(=O)(O)OP(=O)(O)O)[C@H]1O[C@@H](n2cnc(N)nc2=O)C(Cl)(C#CCl)C1O. The number of anilines is 1. The Morgan fingerprint density at radius 1 is 1.27 bits per heavy atom. The smallest absolute Gasteiger partial charge is 0.387 e. The van der Waals surface area contributed by atoms with E-state index in [4.69, 9.17) is 43.5 Å². The molecule has 4 unspecified atom stereocenters. The molecule has 1 aliphatic rings. The predicted molar refractivity (Wildman–Crippen MR) is 107 cm³/mol. The first kappa shape index (κ1) is 28.3. The van der Waals surface area contributed by atoms with Crippen molar-refractivity contribution in [3.8, 4) is 11.3 Å². The summed E-state index contributed by atoms with van der Waals surface area (Å²) in [5, 5.41) is 12.6. The van der Waals surface area contributed by atoms with Crippen LogP contribution in [0.5, 0.6) is 0 Å². The Kier molecular flexibility index (Phi) is 8.56. The van der Waals surface area contributed by atoms with Crippen molar-refractivity contribution in [3.63, 3.8) is 0 Å². The van der Waals surface area contributed by atoms with Gasteiger partial charge in [-0.25, -0.2) is 23.5 Å². The van der Waals surface area contributed by atoms with Gasteiger partial charge in [-0.3, -0.25) is 9.09 Å². The molecule has 0 radical (unpaired) electrons. The van der Waals surface area contributed by atoms with E-state index in [0.29, 0.717) is 4.57 Å². The Balaban J connectivity index is 2.31. The Labute approximate surface area is 193 Å². The largest absolute Gasteiger partial charge is 0.490 e. The number of nitrogens with two attached hydrogens (primary N) is 1. The highest BCUT2D eigenvalue weighted by Crippen LogP contribution is 2.66. The molecule has 0 aliphatic carbocycles. The number of aliphatic hydroxyl groups is 1. The summed E-state index contributed by atoms with van der Waals surface area (Å²) in [4.78, 5) is 53.0. The first-order valence-corrected chi connectivity index (χ1v) is 13.4. The van der Waals surface area contributed by atoms with Crippen LogP contribution in [0.3, 0.4) is 0 Å². The number of halogens is 2. The van der Waals surface area contributed by atoms with E-state index in [1.165, 1.54) is 0 Å². The molecule has 2 rings (SSSR count). The molecule has 7 N–H and O–H groups in total. The summed E-state index contributed by atoms with van der Waals surface area (Å²) in [5.74, 6) is 1.83. The van der Waals surface area contributed by atoms with Crippen LogP contribution >= 0.6 is 46.7 Å². The second-order valence-electron chi connectivity index (χ2n) is 6.19. The molecule has 186 valence electrons. The lowest BCUT2D eigenvalue weighted by Gasteiger charge is -2.26. The van der Waals surface area contributed by atoms with Gasteiger partial charge in [0.15, 0.2) is 11.1 Å². The van der Waals surface area contributed by atoms with Crippen molar-refractivity contribution in [2.45, 2.75) is 36.3 Å². The number of nitrogen functional groups attached to an aromatic ring is 1. The number of nitrogens with zero attached hydrogens (tertiary/aromatic N) is 3. The molecule has 0 saturated carbocycles. The number of rotatable bonds is 8. The molecule has 1 aromatic rings. The van der Waals surface area contributed by atoms with E-state index in [2.05, 4.69) is 29.0 Å². The summed E-state index contributed by atoms with van der Waals surface area (Å²) in [6.45, 7) is 1.02. The molecule has 0 spiro atoms. The lowest BCUT2D eigenvalue weighted by molar-refractivity contribution is -0.0751. The van der Waals surface area contributed by atoms with Crippen LogP contribution < -0.4 is 11.4 Å². The number of aromatic nitrogens is 3. The van der Waals surface area contributed by atoms with E-state index in [1.807, 2.05) is 5.38 Å². The predicted octanol–water partition coefficient (Wildman–Crippen LogP) is -0.612. The number of aliphatic hydroxyl groups excluding tert-OH is 1. The van der Waals surface area contributed by atoms with E-state index < -0.39 is 64.5 Å². The number of phosphoric ester groups is 1. The molecule has 17 nitrogen and oxygen atoms in total. The van der Waals surface area contributed by atoms with E-state index in [-0.39, 0.29) is 0 Å². The summed E-state index contributed by atoms with van der Waals surface area (Å²) in [6.07, 6.45) is -6.03. The molecular formula is C11H15Cl2N4O13P3. The van der Waals surface area contributed by atoms with Gasteiger partial charge in [-0.15, -0.1) is 0 Å². The van der Waals surface area contributed by atoms with E-state index in [9.17, 15) is 33.4 Å². The second kappa shape index (κ2) is 9.98. The Morgan fingerprint density at radius 3 is 2.39 bits per heavy atom. The van der Waals surface area contributed by atoms with Gasteiger partial charge in [0.25, 0.3) is 0 Å². The molecule has 1 fully saturated rings. The monoisotopic (exact) mass is 574 g/mol. The minimum atomic E-state index is -5.79. The van der Waals surface area contributed by atoms with Gasteiger partial charge in [0.2, 0.25) is 5.95 Å². The molecule has 2 heterocycles. The molecule has 1 saturated heterocycles.